The van der Waals surface area contributed by atoms with Crippen molar-refractivity contribution in [2.75, 3.05) is 31.6 Å². The van der Waals surface area contributed by atoms with Crippen LogP contribution in [0.25, 0.3) is 10.1 Å². The number of amides is 1. The minimum atomic E-state index is -0.0422. The molecular formula is C19H22N4OS. The van der Waals surface area contributed by atoms with E-state index in [0.717, 1.165) is 22.3 Å². The standard InChI is InChI=1S/C19H22N4OS/c1-3-8-22(2)14-4-5-15-17(11-14)25-21-18(15)19(24)20-16-12-23-9-6-13(16)7-10-23/h4-5,11,13,16H,6-7,9-10,12H2,1-2H3,(H,20,24)/t16-/m1/s1. The Kier molecular flexibility index (Phi) is 4.36. The van der Waals surface area contributed by atoms with Crippen molar-refractivity contribution in [2.24, 2.45) is 5.92 Å². The maximum absolute atomic E-state index is 12.8. The van der Waals surface area contributed by atoms with Gasteiger partial charge >= 0.3 is 0 Å². The van der Waals surface area contributed by atoms with Crippen LogP contribution in [-0.4, -0.2) is 47.9 Å². The molecule has 0 saturated carbocycles. The minimum absolute atomic E-state index is 0.0422. The zero-order valence-corrected chi connectivity index (χ0v) is 15.4. The van der Waals surface area contributed by atoms with Crippen molar-refractivity contribution in [3.8, 4) is 12.0 Å². The first-order valence-electron chi connectivity index (χ1n) is 8.74. The fourth-order valence-electron chi connectivity index (χ4n) is 3.90. The molecule has 3 aliphatic heterocycles. The van der Waals surface area contributed by atoms with Crippen LogP contribution in [0.1, 0.15) is 30.3 Å². The van der Waals surface area contributed by atoms with Crippen LogP contribution >= 0.6 is 11.5 Å². The summed E-state index contributed by atoms with van der Waals surface area (Å²) >= 11 is 1.37. The van der Waals surface area contributed by atoms with Gasteiger partial charge in [0.2, 0.25) is 0 Å². The summed E-state index contributed by atoms with van der Waals surface area (Å²) in [6.07, 6.45) is 2.38. The van der Waals surface area contributed by atoms with Crippen LogP contribution in [0.3, 0.4) is 0 Å². The highest BCUT2D eigenvalue weighted by Gasteiger charge is 2.35. The third kappa shape index (κ3) is 3.10. The maximum atomic E-state index is 12.8. The summed E-state index contributed by atoms with van der Waals surface area (Å²) in [5.41, 5.74) is 1.56. The van der Waals surface area contributed by atoms with Crippen LogP contribution < -0.4 is 10.2 Å². The highest BCUT2D eigenvalue weighted by Crippen LogP contribution is 2.30. The van der Waals surface area contributed by atoms with E-state index in [2.05, 4.69) is 26.6 Å². The van der Waals surface area contributed by atoms with E-state index < -0.39 is 0 Å². The number of hydrogen-bond acceptors (Lipinski definition) is 5. The van der Waals surface area contributed by atoms with Crippen LogP contribution in [0.5, 0.6) is 0 Å². The van der Waals surface area contributed by atoms with E-state index in [4.69, 9.17) is 0 Å². The number of nitrogens with zero attached hydrogens (tertiary/aromatic N) is 3. The van der Waals surface area contributed by atoms with Crippen molar-refractivity contribution < 1.29 is 4.79 Å². The third-order valence-corrected chi connectivity index (χ3v) is 6.12. The molecule has 3 aliphatic rings. The average Bonchev–Trinajstić information content (AvgIpc) is 3.06. The Morgan fingerprint density at radius 2 is 2.20 bits per heavy atom. The second-order valence-electron chi connectivity index (χ2n) is 6.85. The van der Waals surface area contributed by atoms with Gasteiger partial charge in [-0.15, -0.1) is 0 Å². The fraction of sp³-hybridized carbons (Fsp3) is 0.474. The molecule has 1 atom stereocenters. The molecule has 3 saturated heterocycles. The number of rotatable bonds is 3. The van der Waals surface area contributed by atoms with Gasteiger partial charge in [-0.2, -0.15) is 4.37 Å². The SMILES string of the molecule is CC#CN(C)c1ccc2c(C(=O)N[C@@H]3CN4CCC3CC4)nsc2c1. The number of anilines is 1. The van der Waals surface area contributed by atoms with E-state index in [1.54, 1.807) is 0 Å². The molecule has 5 rings (SSSR count). The molecule has 0 spiro atoms. The van der Waals surface area contributed by atoms with Crippen LogP contribution in [0.15, 0.2) is 18.2 Å². The fourth-order valence-corrected chi connectivity index (χ4v) is 4.70. The molecule has 5 nitrogen and oxygen atoms in total. The lowest BCUT2D eigenvalue weighted by atomic mass is 9.84. The topological polar surface area (TPSA) is 48.5 Å². The quantitative estimate of drug-likeness (QED) is 0.680. The Morgan fingerprint density at radius 1 is 1.40 bits per heavy atom. The molecule has 0 unspecified atom stereocenters. The van der Waals surface area contributed by atoms with Crippen molar-refractivity contribution in [3.05, 3.63) is 23.9 Å². The molecule has 1 aromatic carbocycles. The Labute approximate surface area is 152 Å². The Balaban J connectivity index is 1.54. The molecule has 0 aliphatic carbocycles. The van der Waals surface area contributed by atoms with E-state index in [1.807, 2.05) is 37.1 Å². The van der Waals surface area contributed by atoms with Gasteiger partial charge in [-0.3, -0.25) is 4.79 Å². The number of fused-ring (bicyclic) bond motifs is 4. The molecule has 4 heterocycles. The Morgan fingerprint density at radius 3 is 2.88 bits per heavy atom. The number of carbonyl (C=O) groups is 1. The van der Waals surface area contributed by atoms with Gasteiger partial charge in [-0.05, 0) is 68.5 Å². The van der Waals surface area contributed by atoms with E-state index >= 15 is 0 Å². The molecule has 3 fully saturated rings. The monoisotopic (exact) mass is 354 g/mol. The molecular weight excluding hydrogens is 332 g/mol. The number of benzene rings is 1. The summed E-state index contributed by atoms with van der Waals surface area (Å²) in [6, 6.07) is 9.29. The van der Waals surface area contributed by atoms with E-state index in [9.17, 15) is 4.79 Å². The van der Waals surface area contributed by atoms with Crippen LogP contribution in [0.2, 0.25) is 0 Å². The summed E-state index contributed by atoms with van der Waals surface area (Å²) < 4.78 is 5.45. The lowest BCUT2D eigenvalue weighted by molar-refractivity contribution is 0.0619. The minimum Gasteiger partial charge on any atom is -0.346 e. The van der Waals surface area contributed by atoms with Gasteiger partial charge in [-0.1, -0.05) is 5.92 Å². The van der Waals surface area contributed by atoms with E-state index in [0.29, 0.717) is 11.6 Å². The van der Waals surface area contributed by atoms with Crippen LogP contribution in [0.4, 0.5) is 5.69 Å². The van der Waals surface area contributed by atoms with Crippen molar-refractivity contribution in [2.45, 2.75) is 25.8 Å². The lowest BCUT2D eigenvalue weighted by Gasteiger charge is -2.44. The molecule has 0 radical (unpaired) electrons. The summed E-state index contributed by atoms with van der Waals surface area (Å²) in [5, 5.41) is 4.15. The number of nitrogens with one attached hydrogen (secondary N) is 1. The number of hydrogen-bond donors (Lipinski definition) is 1. The normalized spacial score (nSPS) is 24.6. The zero-order chi connectivity index (χ0) is 17.4. The highest BCUT2D eigenvalue weighted by molar-refractivity contribution is 7.13. The molecule has 1 amide bonds. The first kappa shape index (κ1) is 16.4. The Hall–Kier alpha value is -2.10. The molecule has 1 aromatic heterocycles. The lowest BCUT2D eigenvalue weighted by Crippen LogP contribution is -2.57. The van der Waals surface area contributed by atoms with Crippen molar-refractivity contribution in [1.29, 1.82) is 0 Å². The van der Waals surface area contributed by atoms with Gasteiger partial charge in [0.15, 0.2) is 0 Å². The summed E-state index contributed by atoms with van der Waals surface area (Å²) in [7, 11) is 1.93. The third-order valence-electron chi connectivity index (χ3n) is 5.31. The second kappa shape index (κ2) is 6.66. The van der Waals surface area contributed by atoms with Gasteiger partial charge in [-0.25, -0.2) is 0 Å². The molecule has 6 heteroatoms. The van der Waals surface area contributed by atoms with Gasteiger partial charge < -0.3 is 15.1 Å². The number of aromatic nitrogens is 1. The summed E-state index contributed by atoms with van der Waals surface area (Å²) in [6.45, 7) is 5.14. The highest BCUT2D eigenvalue weighted by atomic mass is 32.1. The molecule has 2 bridgehead atoms. The van der Waals surface area contributed by atoms with Crippen LogP contribution in [-0.2, 0) is 0 Å². The molecule has 1 N–H and O–H groups in total. The number of carbonyl (C=O) groups excluding carboxylic acids is 1. The first-order valence-corrected chi connectivity index (χ1v) is 9.52. The largest absolute Gasteiger partial charge is 0.346 e. The predicted molar refractivity (Wildman–Crippen MR) is 102 cm³/mol. The molecule has 130 valence electrons. The average molecular weight is 354 g/mol. The summed E-state index contributed by atoms with van der Waals surface area (Å²) in [4.78, 5) is 17.1. The Bertz CT molecular complexity index is 857. The predicted octanol–water partition coefficient (Wildman–Crippen LogP) is 2.54. The first-order chi connectivity index (χ1) is 12.2. The van der Waals surface area contributed by atoms with Gasteiger partial charge in [0.05, 0.1) is 10.4 Å². The molecule has 2 aromatic rings. The van der Waals surface area contributed by atoms with Crippen molar-refractivity contribution in [1.82, 2.24) is 14.6 Å². The molecule has 25 heavy (non-hydrogen) atoms. The van der Waals surface area contributed by atoms with Gasteiger partial charge in [0.25, 0.3) is 5.91 Å². The number of piperidine rings is 3. The summed E-state index contributed by atoms with van der Waals surface area (Å²) in [5.74, 6) is 3.47. The van der Waals surface area contributed by atoms with Crippen molar-refractivity contribution >= 4 is 33.2 Å². The van der Waals surface area contributed by atoms with Gasteiger partial charge in [0, 0.05) is 31.1 Å². The van der Waals surface area contributed by atoms with Crippen LogP contribution in [0, 0.1) is 17.9 Å². The smallest absolute Gasteiger partial charge is 0.271 e. The van der Waals surface area contributed by atoms with E-state index in [-0.39, 0.29) is 11.9 Å². The van der Waals surface area contributed by atoms with Gasteiger partial charge in [0.1, 0.15) is 5.69 Å². The van der Waals surface area contributed by atoms with Crippen molar-refractivity contribution in [3.63, 3.8) is 0 Å². The second-order valence-corrected chi connectivity index (χ2v) is 7.66. The maximum Gasteiger partial charge on any atom is 0.271 e. The zero-order valence-electron chi connectivity index (χ0n) is 14.6. The van der Waals surface area contributed by atoms with E-state index in [1.165, 1.54) is 37.5 Å².